The highest BCUT2D eigenvalue weighted by molar-refractivity contribution is 5.67. The molecule has 1 N–H and O–H groups in total. The fraction of sp³-hybridized carbons (Fsp3) is 0.350. The molecule has 0 aliphatic rings. The van der Waals surface area contributed by atoms with Gasteiger partial charge in [0.05, 0.1) is 12.5 Å². The zero-order valence-corrected chi connectivity index (χ0v) is 14.2. The van der Waals surface area contributed by atoms with Crippen molar-refractivity contribution in [3.8, 4) is 5.75 Å². The molecule has 0 aromatic heterocycles. The first-order valence-corrected chi connectivity index (χ1v) is 8.20. The summed E-state index contributed by atoms with van der Waals surface area (Å²) in [5, 5.41) is 9.03. The van der Waals surface area contributed by atoms with E-state index in [0.717, 1.165) is 23.3 Å². The first-order valence-electron chi connectivity index (χ1n) is 8.20. The monoisotopic (exact) mass is 328 g/mol. The van der Waals surface area contributed by atoms with Gasteiger partial charge in [-0.15, -0.1) is 0 Å². The SMILES string of the molecule is CCCOC(CC(=O)O)c1ccc(OCc2ccccc2C)cc1. The van der Waals surface area contributed by atoms with E-state index in [1.54, 1.807) is 0 Å². The van der Waals surface area contributed by atoms with E-state index in [2.05, 4.69) is 13.0 Å². The number of hydrogen-bond acceptors (Lipinski definition) is 3. The second kappa shape index (κ2) is 9.08. The van der Waals surface area contributed by atoms with Crippen molar-refractivity contribution in [1.82, 2.24) is 0 Å². The first-order chi connectivity index (χ1) is 11.6. The molecule has 0 aliphatic heterocycles. The standard InChI is InChI=1S/C20H24O4/c1-3-12-23-19(13-20(21)22)16-8-10-18(11-9-16)24-14-17-7-5-4-6-15(17)2/h4-11,19H,3,12-14H2,1-2H3,(H,21,22). The fourth-order valence-corrected chi connectivity index (χ4v) is 2.40. The van der Waals surface area contributed by atoms with Gasteiger partial charge in [-0.25, -0.2) is 0 Å². The Labute approximate surface area is 143 Å². The van der Waals surface area contributed by atoms with Gasteiger partial charge in [-0.05, 0) is 42.2 Å². The number of aliphatic carboxylic acids is 1. The van der Waals surface area contributed by atoms with E-state index in [1.807, 2.05) is 49.4 Å². The van der Waals surface area contributed by atoms with E-state index in [-0.39, 0.29) is 6.42 Å². The van der Waals surface area contributed by atoms with Crippen molar-refractivity contribution in [3.05, 3.63) is 65.2 Å². The predicted molar refractivity (Wildman–Crippen MR) is 93.2 cm³/mol. The van der Waals surface area contributed by atoms with Crippen molar-refractivity contribution in [1.29, 1.82) is 0 Å². The zero-order valence-electron chi connectivity index (χ0n) is 14.2. The average Bonchev–Trinajstić information content (AvgIpc) is 2.58. The molecule has 2 aromatic carbocycles. The van der Waals surface area contributed by atoms with Crippen molar-refractivity contribution in [2.24, 2.45) is 0 Å². The molecule has 0 spiro atoms. The van der Waals surface area contributed by atoms with Crippen LogP contribution >= 0.6 is 0 Å². The Bertz CT molecular complexity index is 649. The Morgan fingerprint density at radius 1 is 1.12 bits per heavy atom. The fourth-order valence-electron chi connectivity index (χ4n) is 2.40. The summed E-state index contributed by atoms with van der Waals surface area (Å²) in [5.41, 5.74) is 3.20. The first kappa shape index (κ1) is 18.0. The predicted octanol–water partition coefficient (Wildman–Crippen LogP) is 4.52. The van der Waals surface area contributed by atoms with E-state index >= 15 is 0 Å². The summed E-state index contributed by atoms with van der Waals surface area (Å²) in [4.78, 5) is 11.0. The zero-order chi connectivity index (χ0) is 17.4. The summed E-state index contributed by atoms with van der Waals surface area (Å²) in [6.45, 7) is 5.12. The number of benzene rings is 2. The molecule has 0 amide bonds. The van der Waals surface area contributed by atoms with Crippen molar-refractivity contribution in [2.45, 2.75) is 39.4 Å². The smallest absolute Gasteiger partial charge is 0.306 e. The molecule has 1 atom stereocenters. The number of hydrogen-bond donors (Lipinski definition) is 1. The van der Waals surface area contributed by atoms with Gasteiger partial charge in [-0.1, -0.05) is 43.3 Å². The minimum Gasteiger partial charge on any atom is -0.489 e. The number of carboxylic acids is 1. The molecule has 128 valence electrons. The van der Waals surface area contributed by atoms with Crippen LogP contribution in [0.25, 0.3) is 0 Å². The molecule has 4 nitrogen and oxygen atoms in total. The molecular weight excluding hydrogens is 304 g/mol. The van der Waals surface area contributed by atoms with E-state index in [1.165, 1.54) is 5.56 Å². The van der Waals surface area contributed by atoms with Crippen LogP contribution in [0.15, 0.2) is 48.5 Å². The third-order valence-corrected chi connectivity index (χ3v) is 3.79. The number of carbonyl (C=O) groups is 1. The molecule has 2 rings (SSSR count). The van der Waals surface area contributed by atoms with Gasteiger partial charge in [-0.2, -0.15) is 0 Å². The molecule has 4 heteroatoms. The van der Waals surface area contributed by atoms with E-state index in [0.29, 0.717) is 13.2 Å². The second-order valence-corrected chi connectivity index (χ2v) is 5.74. The van der Waals surface area contributed by atoms with Crippen molar-refractivity contribution >= 4 is 5.97 Å². The van der Waals surface area contributed by atoms with Crippen LogP contribution in [0.2, 0.25) is 0 Å². The molecule has 24 heavy (non-hydrogen) atoms. The van der Waals surface area contributed by atoms with Gasteiger partial charge in [0, 0.05) is 6.61 Å². The highest BCUT2D eigenvalue weighted by Gasteiger charge is 2.16. The lowest BCUT2D eigenvalue weighted by atomic mass is 10.1. The lowest BCUT2D eigenvalue weighted by Crippen LogP contribution is -2.10. The van der Waals surface area contributed by atoms with Gasteiger partial charge >= 0.3 is 5.97 Å². The van der Waals surface area contributed by atoms with Crippen LogP contribution in [-0.4, -0.2) is 17.7 Å². The Morgan fingerprint density at radius 2 is 1.83 bits per heavy atom. The summed E-state index contributed by atoms with van der Waals surface area (Å²) < 4.78 is 11.5. The third kappa shape index (κ3) is 5.39. The molecule has 0 radical (unpaired) electrons. The number of carboxylic acid groups (broad SMARTS) is 1. The molecule has 0 bridgehead atoms. The van der Waals surface area contributed by atoms with Gasteiger partial charge < -0.3 is 14.6 Å². The topological polar surface area (TPSA) is 55.8 Å². The summed E-state index contributed by atoms with van der Waals surface area (Å²) >= 11 is 0. The largest absolute Gasteiger partial charge is 0.489 e. The highest BCUT2D eigenvalue weighted by atomic mass is 16.5. The molecule has 1 unspecified atom stereocenters. The van der Waals surface area contributed by atoms with Gasteiger partial charge in [0.15, 0.2) is 0 Å². The number of rotatable bonds is 9. The summed E-state index contributed by atoms with van der Waals surface area (Å²) in [6.07, 6.45) is 0.393. The number of ether oxygens (including phenoxy) is 2. The average molecular weight is 328 g/mol. The maximum Gasteiger partial charge on any atom is 0.306 e. The lowest BCUT2D eigenvalue weighted by molar-refractivity contribution is -0.140. The summed E-state index contributed by atoms with van der Waals surface area (Å²) in [6, 6.07) is 15.6. The summed E-state index contributed by atoms with van der Waals surface area (Å²) in [7, 11) is 0. The van der Waals surface area contributed by atoms with Gasteiger partial charge in [0.1, 0.15) is 12.4 Å². The van der Waals surface area contributed by atoms with E-state index in [4.69, 9.17) is 14.6 Å². The molecule has 0 saturated heterocycles. The highest BCUT2D eigenvalue weighted by Crippen LogP contribution is 2.24. The third-order valence-electron chi connectivity index (χ3n) is 3.79. The van der Waals surface area contributed by atoms with Crippen LogP contribution in [0.3, 0.4) is 0 Å². The quantitative estimate of drug-likeness (QED) is 0.735. The van der Waals surface area contributed by atoms with E-state index in [9.17, 15) is 4.79 Å². The Morgan fingerprint density at radius 3 is 2.46 bits per heavy atom. The lowest BCUT2D eigenvalue weighted by Gasteiger charge is -2.17. The molecule has 0 aliphatic carbocycles. The molecule has 2 aromatic rings. The maximum atomic E-state index is 11.0. The van der Waals surface area contributed by atoms with Crippen LogP contribution < -0.4 is 4.74 Å². The second-order valence-electron chi connectivity index (χ2n) is 5.74. The van der Waals surface area contributed by atoms with E-state index < -0.39 is 12.1 Å². The Kier molecular flexibility index (Phi) is 6.82. The van der Waals surface area contributed by atoms with Gasteiger partial charge in [-0.3, -0.25) is 4.79 Å². The normalized spacial score (nSPS) is 11.9. The summed E-state index contributed by atoms with van der Waals surface area (Å²) in [5.74, 6) is -0.109. The van der Waals surface area contributed by atoms with Gasteiger partial charge in [0.25, 0.3) is 0 Å². The maximum absolute atomic E-state index is 11.0. The van der Waals surface area contributed by atoms with Crippen molar-refractivity contribution in [2.75, 3.05) is 6.61 Å². The van der Waals surface area contributed by atoms with Crippen molar-refractivity contribution in [3.63, 3.8) is 0 Å². The van der Waals surface area contributed by atoms with Crippen LogP contribution in [0, 0.1) is 6.92 Å². The number of aryl methyl sites for hydroxylation is 1. The van der Waals surface area contributed by atoms with Crippen LogP contribution in [0.5, 0.6) is 5.75 Å². The van der Waals surface area contributed by atoms with Crippen LogP contribution in [0.4, 0.5) is 0 Å². The van der Waals surface area contributed by atoms with Crippen LogP contribution in [0.1, 0.15) is 42.6 Å². The van der Waals surface area contributed by atoms with Crippen LogP contribution in [-0.2, 0) is 16.1 Å². The van der Waals surface area contributed by atoms with Crippen molar-refractivity contribution < 1.29 is 19.4 Å². The minimum absolute atomic E-state index is 0.0383. The molecular formula is C20H24O4. The Balaban J connectivity index is 2.00. The Hall–Kier alpha value is -2.33. The minimum atomic E-state index is -0.865. The molecule has 0 fully saturated rings. The molecule has 0 heterocycles. The van der Waals surface area contributed by atoms with Gasteiger partial charge in [0.2, 0.25) is 0 Å². The molecule has 0 saturated carbocycles.